The average Bonchev–Trinajstić information content (AvgIpc) is 3.42. The second kappa shape index (κ2) is 10.9. The summed E-state index contributed by atoms with van der Waals surface area (Å²) in [4.78, 5) is 68.1. The number of esters is 1. The van der Waals surface area contributed by atoms with E-state index in [1.54, 1.807) is 0 Å². The molecular formula is C23H22Cl2N4O6S. The number of ether oxygens (including phenoxy) is 1. The summed E-state index contributed by atoms with van der Waals surface area (Å²) in [6, 6.07) is 0.391. The Morgan fingerprint density at radius 2 is 1.72 bits per heavy atom. The molecule has 1 saturated carbocycles. The molecule has 2 aliphatic rings. The number of aromatic nitrogens is 1. The Bertz CT molecular complexity index is 1200. The molecule has 2 heterocycles. The summed E-state index contributed by atoms with van der Waals surface area (Å²) in [5.41, 5.74) is -0.0547. The molecule has 2 aromatic rings. The second-order valence-electron chi connectivity index (χ2n) is 8.52. The fourth-order valence-corrected chi connectivity index (χ4v) is 5.35. The van der Waals surface area contributed by atoms with E-state index in [0.717, 1.165) is 43.4 Å². The van der Waals surface area contributed by atoms with Crippen LogP contribution in [-0.4, -0.2) is 52.8 Å². The van der Waals surface area contributed by atoms with Gasteiger partial charge in [-0.15, -0.1) is 11.3 Å². The van der Waals surface area contributed by atoms with Gasteiger partial charge in [0.25, 0.3) is 11.8 Å². The zero-order chi connectivity index (χ0) is 26.0. The maximum absolute atomic E-state index is 13.2. The Kier molecular flexibility index (Phi) is 7.91. The molecule has 2 N–H and O–H groups in total. The van der Waals surface area contributed by atoms with E-state index in [9.17, 15) is 24.0 Å². The number of carbonyl (C=O) groups excluding carboxylic acids is 5. The number of nitrogens with zero attached hydrogens (tertiary/aromatic N) is 2. The number of hydrogen-bond acceptors (Lipinski definition) is 8. The highest BCUT2D eigenvalue weighted by molar-refractivity contribution is 7.14. The molecule has 36 heavy (non-hydrogen) atoms. The number of thiazole rings is 1. The van der Waals surface area contributed by atoms with Crippen LogP contribution < -0.4 is 10.6 Å². The normalized spacial score (nSPS) is 16.5. The molecule has 1 aliphatic carbocycles. The van der Waals surface area contributed by atoms with Gasteiger partial charge >= 0.3 is 12.0 Å². The SMILES string of the molecule is COC(=O)c1csc(NC(=O)[C@H](CC2CCCCC2)NC(=O)N2C(=O)c3cc(Cl)c(Cl)cc3C2=O)n1. The molecule has 1 fully saturated rings. The number of amides is 5. The van der Waals surface area contributed by atoms with Crippen molar-refractivity contribution < 1.29 is 28.7 Å². The molecule has 1 atom stereocenters. The number of fused-ring (bicyclic) bond motifs is 1. The third kappa shape index (κ3) is 5.37. The number of imide groups is 3. The summed E-state index contributed by atoms with van der Waals surface area (Å²) < 4.78 is 4.62. The van der Waals surface area contributed by atoms with Crippen LogP contribution in [0.1, 0.15) is 69.7 Å². The molecule has 190 valence electrons. The molecule has 10 nitrogen and oxygen atoms in total. The maximum atomic E-state index is 13.2. The fraction of sp³-hybridized carbons (Fsp3) is 0.391. The molecule has 0 radical (unpaired) electrons. The van der Waals surface area contributed by atoms with Gasteiger partial charge in [0.1, 0.15) is 6.04 Å². The van der Waals surface area contributed by atoms with Crippen molar-refractivity contribution in [3.8, 4) is 0 Å². The van der Waals surface area contributed by atoms with Crippen molar-refractivity contribution in [2.45, 2.75) is 44.6 Å². The lowest BCUT2D eigenvalue weighted by Gasteiger charge is -2.27. The van der Waals surface area contributed by atoms with Gasteiger partial charge < -0.3 is 15.4 Å². The topological polar surface area (TPSA) is 135 Å². The lowest BCUT2D eigenvalue weighted by atomic mass is 9.84. The summed E-state index contributed by atoms with van der Waals surface area (Å²) in [6.45, 7) is 0. The van der Waals surface area contributed by atoms with Crippen molar-refractivity contribution in [2.75, 3.05) is 12.4 Å². The summed E-state index contributed by atoms with van der Waals surface area (Å²) in [5.74, 6) is -2.76. The minimum atomic E-state index is -1.05. The van der Waals surface area contributed by atoms with Crippen LogP contribution in [0.4, 0.5) is 9.93 Å². The van der Waals surface area contributed by atoms with E-state index in [1.807, 2.05) is 0 Å². The van der Waals surface area contributed by atoms with E-state index in [1.165, 1.54) is 24.6 Å². The highest BCUT2D eigenvalue weighted by Gasteiger charge is 2.42. The molecule has 1 aromatic heterocycles. The van der Waals surface area contributed by atoms with Gasteiger partial charge in [0.05, 0.1) is 28.3 Å². The number of benzene rings is 1. The van der Waals surface area contributed by atoms with Crippen molar-refractivity contribution in [3.63, 3.8) is 0 Å². The Morgan fingerprint density at radius 1 is 1.11 bits per heavy atom. The number of rotatable bonds is 6. The van der Waals surface area contributed by atoms with Gasteiger partial charge in [0.2, 0.25) is 5.91 Å². The van der Waals surface area contributed by atoms with Gasteiger partial charge in [-0.2, -0.15) is 4.90 Å². The quantitative estimate of drug-likeness (QED) is 0.397. The molecular weight excluding hydrogens is 531 g/mol. The summed E-state index contributed by atoms with van der Waals surface area (Å²) in [6.07, 6.45) is 5.24. The number of carbonyl (C=O) groups is 5. The zero-order valence-electron chi connectivity index (χ0n) is 19.1. The molecule has 1 aliphatic heterocycles. The maximum Gasteiger partial charge on any atom is 0.357 e. The minimum Gasteiger partial charge on any atom is -0.464 e. The van der Waals surface area contributed by atoms with Crippen LogP contribution in [0.3, 0.4) is 0 Å². The van der Waals surface area contributed by atoms with Gasteiger partial charge in [-0.1, -0.05) is 55.3 Å². The Hall–Kier alpha value is -3.02. The number of hydrogen-bond donors (Lipinski definition) is 2. The number of halogens is 2. The lowest BCUT2D eigenvalue weighted by Crippen LogP contribution is -2.51. The van der Waals surface area contributed by atoms with Crippen LogP contribution in [0.25, 0.3) is 0 Å². The number of nitrogens with one attached hydrogen (secondary N) is 2. The van der Waals surface area contributed by atoms with E-state index in [2.05, 4.69) is 20.4 Å². The molecule has 0 bridgehead atoms. The fourth-order valence-electron chi connectivity index (χ4n) is 4.34. The van der Waals surface area contributed by atoms with Crippen LogP contribution in [-0.2, 0) is 9.53 Å². The number of anilines is 1. The molecule has 13 heteroatoms. The van der Waals surface area contributed by atoms with Gasteiger partial charge in [0.15, 0.2) is 10.8 Å². The van der Waals surface area contributed by atoms with E-state index >= 15 is 0 Å². The lowest BCUT2D eigenvalue weighted by molar-refractivity contribution is -0.118. The van der Waals surface area contributed by atoms with E-state index in [-0.39, 0.29) is 37.9 Å². The van der Waals surface area contributed by atoms with Crippen molar-refractivity contribution in [1.29, 1.82) is 0 Å². The van der Waals surface area contributed by atoms with Crippen LogP contribution in [0.2, 0.25) is 10.0 Å². The molecule has 5 amide bonds. The molecule has 1 aromatic carbocycles. The van der Waals surface area contributed by atoms with Crippen LogP contribution in [0.15, 0.2) is 17.5 Å². The van der Waals surface area contributed by atoms with Crippen molar-refractivity contribution in [3.05, 3.63) is 44.4 Å². The smallest absolute Gasteiger partial charge is 0.357 e. The predicted molar refractivity (Wildman–Crippen MR) is 133 cm³/mol. The van der Waals surface area contributed by atoms with Gasteiger partial charge in [0, 0.05) is 5.38 Å². The van der Waals surface area contributed by atoms with Crippen molar-refractivity contribution in [2.24, 2.45) is 5.92 Å². The predicted octanol–water partition coefficient (Wildman–Crippen LogP) is 4.52. The number of methoxy groups -OCH3 is 1. The van der Waals surface area contributed by atoms with Gasteiger partial charge in [-0.05, 0) is 24.5 Å². The standard InChI is InChI=1S/C23H22Cl2N4O6S/c1-35-21(33)17-10-36-22(26-17)28-18(30)16(7-11-5-3-2-4-6-11)27-23(34)29-19(31)12-8-14(24)15(25)9-13(12)20(29)32/h8-11,16H,2-7H2,1H3,(H,27,34)(H,26,28,30)/t16-/m0/s1. The van der Waals surface area contributed by atoms with E-state index < -0.39 is 35.8 Å². The molecule has 0 unspecified atom stereocenters. The minimum absolute atomic E-state index is 0.0361. The van der Waals surface area contributed by atoms with Crippen LogP contribution >= 0.6 is 34.5 Å². The van der Waals surface area contributed by atoms with Gasteiger partial charge in [-0.3, -0.25) is 14.4 Å². The first kappa shape index (κ1) is 26.1. The Balaban J connectivity index is 1.52. The number of urea groups is 1. The van der Waals surface area contributed by atoms with E-state index in [4.69, 9.17) is 23.2 Å². The first-order valence-corrected chi connectivity index (χ1v) is 12.9. The van der Waals surface area contributed by atoms with Gasteiger partial charge in [-0.25, -0.2) is 14.6 Å². The summed E-state index contributed by atoms with van der Waals surface area (Å²) in [7, 11) is 1.22. The van der Waals surface area contributed by atoms with Crippen molar-refractivity contribution in [1.82, 2.24) is 15.2 Å². The average molecular weight is 553 g/mol. The van der Waals surface area contributed by atoms with Crippen LogP contribution in [0.5, 0.6) is 0 Å². The summed E-state index contributed by atoms with van der Waals surface area (Å²) in [5, 5.41) is 6.88. The molecule has 4 rings (SSSR count). The zero-order valence-corrected chi connectivity index (χ0v) is 21.5. The monoisotopic (exact) mass is 552 g/mol. The molecule has 0 saturated heterocycles. The summed E-state index contributed by atoms with van der Waals surface area (Å²) >= 11 is 13.0. The second-order valence-corrected chi connectivity index (χ2v) is 10.2. The third-order valence-electron chi connectivity index (χ3n) is 6.17. The largest absolute Gasteiger partial charge is 0.464 e. The Labute approximate surface area is 220 Å². The first-order chi connectivity index (χ1) is 17.2. The Morgan fingerprint density at radius 3 is 2.31 bits per heavy atom. The van der Waals surface area contributed by atoms with E-state index in [0.29, 0.717) is 11.3 Å². The highest BCUT2D eigenvalue weighted by Crippen LogP contribution is 2.32. The third-order valence-corrected chi connectivity index (χ3v) is 7.65. The van der Waals surface area contributed by atoms with Crippen LogP contribution in [0, 0.1) is 5.92 Å². The molecule has 0 spiro atoms. The highest BCUT2D eigenvalue weighted by atomic mass is 35.5. The van der Waals surface area contributed by atoms with Crippen molar-refractivity contribution >= 4 is 69.4 Å². The first-order valence-electron chi connectivity index (χ1n) is 11.2.